The van der Waals surface area contributed by atoms with Gasteiger partial charge in [0.05, 0.1) is 39.3 Å². The SMILES string of the molecule is CCOC(=O)C1CCN(C(=O)C2(c3ccccc3)CCN(CCCCN(C)C(=O)c3cc(OC)c(OC)c(OC)c3)CC2)CC1.Fc1ccccc1. The maximum absolute atomic E-state index is 14.1. The molecule has 3 aromatic rings. The Balaban J connectivity index is 0.000000771. The summed E-state index contributed by atoms with van der Waals surface area (Å²) in [5.41, 5.74) is 1.01. The molecule has 3 aromatic carbocycles. The number of ether oxygens (including phenoxy) is 4. The van der Waals surface area contributed by atoms with Crippen LogP contribution in [0.5, 0.6) is 17.2 Å². The number of methoxy groups -OCH3 is 3. The molecule has 0 N–H and O–H groups in total. The Morgan fingerprint density at radius 1 is 0.827 bits per heavy atom. The maximum Gasteiger partial charge on any atom is 0.309 e. The van der Waals surface area contributed by atoms with E-state index in [9.17, 15) is 18.8 Å². The molecule has 0 spiro atoms. The van der Waals surface area contributed by atoms with E-state index < -0.39 is 5.41 Å². The molecule has 10 nitrogen and oxygen atoms in total. The number of unbranched alkanes of at least 4 members (excludes halogenated alkanes) is 1. The first-order chi connectivity index (χ1) is 25.2. The lowest BCUT2D eigenvalue weighted by molar-refractivity contribution is -0.152. The molecule has 2 saturated heterocycles. The van der Waals surface area contributed by atoms with Crippen molar-refractivity contribution in [1.29, 1.82) is 0 Å². The zero-order chi connectivity index (χ0) is 37.5. The normalized spacial score (nSPS) is 15.8. The van der Waals surface area contributed by atoms with Crippen molar-refractivity contribution >= 4 is 17.8 Å². The number of piperidine rings is 2. The molecule has 2 fully saturated rings. The van der Waals surface area contributed by atoms with E-state index in [1.54, 1.807) is 35.2 Å². The monoisotopic (exact) mass is 719 g/mol. The second-order valence-corrected chi connectivity index (χ2v) is 13.3. The van der Waals surface area contributed by atoms with Crippen LogP contribution >= 0.6 is 0 Å². The number of rotatable bonds is 13. The summed E-state index contributed by atoms with van der Waals surface area (Å²) in [6.45, 7) is 6.58. The fourth-order valence-electron chi connectivity index (χ4n) is 7.05. The van der Waals surface area contributed by atoms with E-state index in [1.165, 1.54) is 33.5 Å². The van der Waals surface area contributed by atoms with Gasteiger partial charge in [-0.2, -0.15) is 0 Å². The molecule has 2 aliphatic rings. The molecule has 11 heteroatoms. The van der Waals surface area contributed by atoms with E-state index in [2.05, 4.69) is 17.0 Å². The van der Waals surface area contributed by atoms with Gasteiger partial charge in [0.15, 0.2) is 11.5 Å². The molecule has 0 radical (unpaired) electrons. The number of carbonyl (C=O) groups excluding carboxylic acids is 3. The Morgan fingerprint density at radius 2 is 1.40 bits per heavy atom. The van der Waals surface area contributed by atoms with Crippen LogP contribution in [-0.2, 0) is 19.7 Å². The number of benzene rings is 3. The highest BCUT2D eigenvalue weighted by molar-refractivity contribution is 5.95. The number of likely N-dealkylation sites (tertiary alicyclic amines) is 2. The minimum atomic E-state index is -0.554. The van der Waals surface area contributed by atoms with Gasteiger partial charge in [0.1, 0.15) is 5.82 Å². The minimum absolute atomic E-state index is 0.107. The van der Waals surface area contributed by atoms with Gasteiger partial charge in [-0.05, 0) is 94.9 Å². The number of halogens is 1. The second-order valence-electron chi connectivity index (χ2n) is 13.3. The fourth-order valence-corrected chi connectivity index (χ4v) is 7.05. The Morgan fingerprint density at radius 3 is 1.90 bits per heavy atom. The molecular weight excluding hydrogens is 665 g/mol. The van der Waals surface area contributed by atoms with Gasteiger partial charge in [-0.1, -0.05) is 48.5 Å². The van der Waals surface area contributed by atoms with Crippen molar-refractivity contribution < 1.29 is 37.7 Å². The van der Waals surface area contributed by atoms with Gasteiger partial charge < -0.3 is 33.6 Å². The van der Waals surface area contributed by atoms with E-state index in [0.717, 1.165) is 50.9 Å². The Kier molecular flexibility index (Phi) is 15.3. The smallest absolute Gasteiger partial charge is 0.309 e. The third kappa shape index (κ3) is 10.2. The largest absolute Gasteiger partial charge is 0.493 e. The van der Waals surface area contributed by atoms with Crippen LogP contribution < -0.4 is 14.2 Å². The zero-order valence-corrected chi connectivity index (χ0v) is 31.3. The molecule has 52 heavy (non-hydrogen) atoms. The van der Waals surface area contributed by atoms with Crippen molar-refractivity contribution in [3.63, 3.8) is 0 Å². The fraction of sp³-hybridized carbons (Fsp3) is 0.488. The van der Waals surface area contributed by atoms with Gasteiger partial charge in [0.2, 0.25) is 11.7 Å². The summed E-state index contributed by atoms with van der Waals surface area (Å²) in [7, 11) is 6.41. The lowest BCUT2D eigenvalue weighted by atomic mass is 9.71. The van der Waals surface area contributed by atoms with Crippen LogP contribution in [0.3, 0.4) is 0 Å². The predicted molar refractivity (Wildman–Crippen MR) is 198 cm³/mol. The number of hydrogen-bond donors (Lipinski definition) is 0. The topological polar surface area (TPSA) is 97.9 Å². The van der Waals surface area contributed by atoms with Crippen molar-refractivity contribution in [2.24, 2.45) is 5.92 Å². The van der Waals surface area contributed by atoms with Crippen LogP contribution in [0.2, 0.25) is 0 Å². The van der Waals surface area contributed by atoms with E-state index >= 15 is 0 Å². The lowest BCUT2D eigenvalue weighted by Crippen LogP contribution is -2.54. The highest BCUT2D eigenvalue weighted by atomic mass is 19.1. The van der Waals surface area contributed by atoms with Gasteiger partial charge in [-0.25, -0.2) is 4.39 Å². The van der Waals surface area contributed by atoms with Crippen molar-refractivity contribution in [3.05, 3.63) is 89.7 Å². The summed E-state index contributed by atoms with van der Waals surface area (Å²) in [5.74, 6) is 0.981. The molecule has 2 amide bonds. The van der Waals surface area contributed by atoms with Crippen LogP contribution in [0.1, 0.15) is 61.4 Å². The highest BCUT2D eigenvalue weighted by Gasteiger charge is 2.45. The van der Waals surface area contributed by atoms with Gasteiger partial charge in [-0.3, -0.25) is 14.4 Å². The minimum Gasteiger partial charge on any atom is -0.493 e. The molecule has 2 heterocycles. The van der Waals surface area contributed by atoms with Gasteiger partial charge in [-0.15, -0.1) is 0 Å². The van der Waals surface area contributed by atoms with E-state index in [-0.39, 0.29) is 29.5 Å². The summed E-state index contributed by atoms with van der Waals surface area (Å²) < 4.78 is 33.3. The zero-order valence-electron chi connectivity index (χ0n) is 31.3. The molecule has 0 atom stereocenters. The van der Waals surface area contributed by atoms with E-state index in [1.807, 2.05) is 37.1 Å². The van der Waals surface area contributed by atoms with Crippen LogP contribution in [0.4, 0.5) is 4.39 Å². The van der Waals surface area contributed by atoms with Gasteiger partial charge >= 0.3 is 5.97 Å². The first kappa shape index (κ1) is 40.1. The van der Waals surface area contributed by atoms with Crippen molar-refractivity contribution in [1.82, 2.24) is 14.7 Å². The number of esters is 1. The molecule has 5 rings (SSSR count). The molecule has 0 bridgehead atoms. The van der Waals surface area contributed by atoms with Crippen LogP contribution in [0.15, 0.2) is 72.8 Å². The van der Waals surface area contributed by atoms with Crippen LogP contribution in [0.25, 0.3) is 0 Å². The van der Waals surface area contributed by atoms with Crippen LogP contribution in [-0.4, -0.2) is 107 Å². The highest BCUT2D eigenvalue weighted by Crippen LogP contribution is 2.40. The van der Waals surface area contributed by atoms with Crippen molar-refractivity contribution in [2.75, 3.05) is 74.3 Å². The van der Waals surface area contributed by atoms with Gasteiger partial charge in [0.25, 0.3) is 5.91 Å². The summed E-state index contributed by atoms with van der Waals surface area (Å²) in [5, 5.41) is 0. The molecule has 2 aliphatic heterocycles. The predicted octanol–water partition coefficient (Wildman–Crippen LogP) is 6.23. The summed E-state index contributed by atoms with van der Waals surface area (Å²) in [6, 6.07) is 21.5. The molecule has 0 aromatic heterocycles. The second kappa shape index (κ2) is 19.8. The number of carbonyl (C=O) groups is 3. The first-order valence-corrected chi connectivity index (χ1v) is 18.2. The Labute approximate surface area is 307 Å². The number of nitrogens with zero attached hydrogens (tertiary/aromatic N) is 3. The van der Waals surface area contributed by atoms with Gasteiger partial charge in [0, 0.05) is 32.2 Å². The molecule has 0 aliphatic carbocycles. The first-order valence-electron chi connectivity index (χ1n) is 18.2. The van der Waals surface area contributed by atoms with Crippen molar-refractivity contribution in [2.45, 2.75) is 50.9 Å². The van der Waals surface area contributed by atoms with E-state index in [0.29, 0.717) is 61.9 Å². The van der Waals surface area contributed by atoms with Crippen LogP contribution in [0, 0.1) is 11.7 Å². The van der Waals surface area contributed by atoms with E-state index in [4.69, 9.17) is 18.9 Å². The molecule has 0 saturated carbocycles. The summed E-state index contributed by atoms with van der Waals surface area (Å²) in [6.07, 6.45) is 4.62. The Bertz CT molecular complexity index is 1550. The molecule has 0 unspecified atom stereocenters. The van der Waals surface area contributed by atoms with Crippen molar-refractivity contribution in [3.8, 4) is 17.2 Å². The average molecular weight is 720 g/mol. The third-order valence-electron chi connectivity index (χ3n) is 10.1. The quantitative estimate of drug-likeness (QED) is 0.152. The standard InChI is InChI=1S/C35H49N3O7.C6H5F/c1-6-45-33(40)26-14-20-38(21-15-26)34(41)35(28-12-8-7-9-13-28)16-22-37(23-17-35)19-11-10-18-36(2)32(39)27-24-29(42-3)31(44-5)30(25-27)43-4;7-6-4-2-1-3-5-6/h7-9,12-13,24-26H,6,10-11,14-23H2,1-5H3;1-5H. The molecular formula is C41H54FN3O7. The molecule has 282 valence electrons. The third-order valence-corrected chi connectivity index (χ3v) is 10.1. The Hall–Kier alpha value is -4.64. The number of hydrogen-bond acceptors (Lipinski definition) is 8. The average Bonchev–Trinajstić information content (AvgIpc) is 3.19. The summed E-state index contributed by atoms with van der Waals surface area (Å²) in [4.78, 5) is 45.7. The summed E-state index contributed by atoms with van der Waals surface area (Å²) >= 11 is 0. The lowest BCUT2D eigenvalue weighted by Gasteiger charge is -2.45. The maximum atomic E-state index is 14.1. The number of amides is 2.